The van der Waals surface area contributed by atoms with Crippen LogP contribution in [-0.2, 0) is 9.53 Å². The number of methoxy groups -OCH3 is 1. The van der Waals surface area contributed by atoms with E-state index in [4.69, 9.17) is 4.74 Å². The SMILES string of the molecule is COC1CNC(C(=O)N(C)CC2CC2)C1. The third-order valence-electron chi connectivity index (χ3n) is 3.33. The Morgan fingerprint density at radius 2 is 2.27 bits per heavy atom. The number of nitrogens with one attached hydrogen (secondary N) is 1. The molecular weight excluding hydrogens is 192 g/mol. The summed E-state index contributed by atoms with van der Waals surface area (Å²) < 4.78 is 5.23. The lowest BCUT2D eigenvalue weighted by molar-refractivity contribution is -0.132. The molecule has 1 aliphatic heterocycles. The van der Waals surface area contributed by atoms with Gasteiger partial charge >= 0.3 is 0 Å². The zero-order valence-corrected chi connectivity index (χ0v) is 9.53. The Kier molecular flexibility index (Phi) is 3.26. The van der Waals surface area contributed by atoms with Gasteiger partial charge in [-0.1, -0.05) is 0 Å². The van der Waals surface area contributed by atoms with Crippen molar-refractivity contribution in [1.29, 1.82) is 0 Å². The smallest absolute Gasteiger partial charge is 0.239 e. The predicted molar refractivity (Wildman–Crippen MR) is 57.6 cm³/mol. The Hall–Kier alpha value is -0.610. The predicted octanol–water partition coefficient (Wildman–Crippen LogP) is 0.232. The molecule has 1 N–H and O–H groups in total. The highest BCUT2D eigenvalue weighted by atomic mass is 16.5. The van der Waals surface area contributed by atoms with Crippen molar-refractivity contribution in [1.82, 2.24) is 10.2 Å². The highest BCUT2D eigenvalue weighted by molar-refractivity contribution is 5.82. The molecule has 2 unspecified atom stereocenters. The van der Waals surface area contributed by atoms with Crippen molar-refractivity contribution in [3.8, 4) is 0 Å². The molecule has 2 atom stereocenters. The number of ether oxygens (including phenoxy) is 1. The molecule has 0 aromatic rings. The molecule has 1 amide bonds. The molecule has 0 bridgehead atoms. The number of nitrogens with zero attached hydrogens (tertiary/aromatic N) is 1. The highest BCUT2D eigenvalue weighted by Gasteiger charge is 2.33. The van der Waals surface area contributed by atoms with E-state index >= 15 is 0 Å². The monoisotopic (exact) mass is 212 g/mol. The summed E-state index contributed by atoms with van der Waals surface area (Å²) in [6, 6.07) is -0.0290. The molecule has 15 heavy (non-hydrogen) atoms. The number of carbonyl (C=O) groups excluding carboxylic acids is 1. The van der Waals surface area contributed by atoms with Crippen molar-refractivity contribution in [3.05, 3.63) is 0 Å². The molecule has 1 saturated heterocycles. The van der Waals surface area contributed by atoms with Gasteiger partial charge in [0.15, 0.2) is 0 Å². The van der Waals surface area contributed by atoms with Gasteiger partial charge in [-0.25, -0.2) is 0 Å². The zero-order chi connectivity index (χ0) is 10.8. The normalized spacial score (nSPS) is 30.5. The third-order valence-corrected chi connectivity index (χ3v) is 3.33. The summed E-state index contributed by atoms with van der Waals surface area (Å²) in [6.07, 6.45) is 3.59. The second-order valence-corrected chi connectivity index (χ2v) is 4.72. The summed E-state index contributed by atoms with van der Waals surface area (Å²) in [6.45, 7) is 1.72. The fourth-order valence-corrected chi connectivity index (χ4v) is 2.11. The average molecular weight is 212 g/mol. The maximum atomic E-state index is 12.0. The van der Waals surface area contributed by atoms with E-state index in [-0.39, 0.29) is 18.1 Å². The number of rotatable bonds is 4. The number of hydrogen-bond donors (Lipinski definition) is 1. The van der Waals surface area contributed by atoms with E-state index in [2.05, 4.69) is 5.32 Å². The van der Waals surface area contributed by atoms with E-state index in [0.29, 0.717) is 0 Å². The summed E-state index contributed by atoms with van der Waals surface area (Å²) in [7, 11) is 3.61. The van der Waals surface area contributed by atoms with Crippen LogP contribution in [0.3, 0.4) is 0 Å². The van der Waals surface area contributed by atoms with Gasteiger partial charge in [-0.15, -0.1) is 0 Å². The molecule has 0 aromatic heterocycles. The van der Waals surface area contributed by atoms with E-state index < -0.39 is 0 Å². The third kappa shape index (κ3) is 2.69. The lowest BCUT2D eigenvalue weighted by Crippen LogP contribution is -2.42. The van der Waals surface area contributed by atoms with E-state index in [1.807, 2.05) is 11.9 Å². The lowest BCUT2D eigenvalue weighted by atomic mass is 10.2. The first kappa shape index (κ1) is 10.9. The summed E-state index contributed by atoms with van der Waals surface area (Å²) in [5.74, 6) is 0.986. The van der Waals surface area contributed by atoms with Crippen LogP contribution in [0.5, 0.6) is 0 Å². The largest absolute Gasteiger partial charge is 0.380 e. The Morgan fingerprint density at radius 1 is 1.53 bits per heavy atom. The molecule has 4 nitrogen and oxygen atoms in total. The summed E-state index contributed by atoms with van der Waals surface area (Å²) in [4.78, 5) is 13.8. The van der Waals surface area contributed by atoms with Crippen LogP contribution in [0.25, 0.3) is 0 Å². The number of hydrogen-bond acceptors (Lipinski definition) is 3. The van der Waals surface area contributed by atoms with Crippen LogP contribution < -0.4 is 5.32 Å². The van der Waals surface area contributed by atoms with Crippen LogP contribution in [-0.4, -0.2) is 50.2 Å². The fraction of sp³-hybridized carbons (Fsp3) is 0.909. The number of likely N-dealkylation sites (N-methyl/N-ethyl adjacent to an activating group) is 1. The van der Waals surface area contributed by atoms with Crippen molar-refractivity contribution in [2.24, 2.45) is 5.92 Å². The Bertz CT molecular complexity index is 241. The number of carbonyl (C=O) groups is 1. The van der Waals surface area contributed by atoms with E-state index in [0.717, 1.165) is 25.4 Å². The van der Waals surface area contributed by atoms with E-state index in [1.54, 1.807) is 7.11 Å². The van der Waals surface area contributed by atoms with Crippen molar-refractivity contribution in [2.45, 2.75) is 31.4 Å². The average Bonchev–Trinajstić information content (AvgIpc) is 2.92. The first-order chi connectivity index (χ1) is 7.20. The molecule has 2 fully saturated rings. The van der Waals surface area contributed by atoms with E-state index in [9.17, 15) is 4.79 Å². The van der Waals surface area contributed by atoms with Gasteiger partial charge in [-0.2, -0.15) is 0 Å². The Morgan fingerprint density at radius 3 is 2.80 bits per heavy atom. The van der Waals surface area contributed by atoms with Crippen molar-refractivity contribution in [3.63, 3.8) is 0 Å². The van der Waals surface area contributed by atoms with Gasteiger partial charge in [-0.3, -0.25) is 4.79 Å². The molecule has 1 heterocycles. The molecular formula is C11H20N2O2. The minimum absolute atomic E-state index is 0.0290. The van der Waals surface area contributed by atoms with Crippen LogP contribution in [0.2, 0.25) is 0 Å². The van der Waals surface area contributed by atoms with Crippen LogP contribution in [0.15, 0.2) is 0 Å². The molecule has 0 aromatic carbocycles. The Balaban J connectivity index is 1.79. The van der Waals surface area contributed by atoms with Crippen molar-refractivity contribution >= 4 is 5.91 Å². The topological polar surface area (TPSA) is 41.6 Å². The first-order valence-corrected chi connectivity index (χ1v) is 5.72. The highest BCUT2D eigenvalue weighted by Crippen LogP contribution is 2.29. The molecule has 2 rings (SSSR count). The minimum Gasteiger partial charge on any atom is -0.380 e. The maximum Gasteiger partial charge on any atom is 0.239 e. The fourth-order valence-electron chi connectivity index (χ4n) is 2.11. The maximum absolute atomic E-state index is 12.0. The van der Waals surface area contributed by atoms with Gasteiger partial charge < -0.3 is 15.0 Å². The van der Waals surface area contributed by atoms with Gasteiger partial charge in [0.25, 0.3) is 0 Å². The van der Waals surface area contributed by atoms with Gasteiger partial charge in [0.05, 0.1) is 12.1 Å². The van der Waals surface area contributed by atoms with Crippen molar-refractivity contribution < 1.29 is 9.53 Å². The Labute approximate surface area is 91.0 Å². The van der Waals surface area contributed by atoms with Crippen LogP contribution in [0.1, 0.15) is 19.3 Å². The second kappa shape index (κ2) is 4.49. The van der Waals surface area contributed by atoms with Gasteiger partial charge in [-0.05, 0) is 25.2 Å². The number of amides is 1. The van der Waals surface area contributed by atoms with E-state index in [1.165, 1.54) is 12.8 Å². The quantitative estimate of drug-likeness (QED) is 0.725. The molecule has 1 aliphatic carbocycles. The van der Waals surface area contributed by atoms with Crippen LogP contribution in [0.4, 0.5) is 0 Å². The van der Waals surface area contributed by atoms with Gasteiger partial charge in [0, 0.05) is 27.2 Å². The molecule has 0 radical (unpaired) electrons. The van der Waals surface area contributed by atoms with Gasteiger partial charge in [0.2, 0.25) is 5.91 Å². The van der Waals surface area contributed by atoms with Crippen LogP contribution in [0, 0.1) is 5.92 Å². The van der Waals surface area contributed by atoms with Crippen LogP contribution >= 0.6 is 0 Å². The summed E-state index contributed by atoms with van der Waals surface area (Å²) in [5.41, 5.74) is 0. The second-order valence-electron chi connectivity index (χ2n) is 4.72. The molecule has 0 spiro atoms. The summed E-state index contributed by atoms with van der Waals surface area (Å²) in [5, 5.41) is 3.22. The summed E-state index contributed by atoms with van der Waals surface area (Å²) >= 11 is 0. The lowest BCUT2D eigenvalue weighted by Gasteiger charge is -2.20. The molecule has 1 saturated carbocycles. The first-order valence-electron chi connectivity index (χ1n) is 5.72. The minimum atomic E-state index is -0.0290. The molecule has 86 valence electrons. The van der Waals surface area contributed by atoms with Crippen molar-refractivity contribution in [2.75, 3.05) is 27.2 Å². The molecule has 2 aliphatic rings. The molecule has 4 heteroatoms. The zero-order valence-electron chi connectivity index (χ0n) is 9.53. The van der Waals surface area contributed by atoms with Gasteiger partial charge in [0.1, 0.15) is 0 Å². The standard InChI is InChI=1S/C11H20N2O2/c1-13(7-8-3-4-8)11(14)10-5-9(15-2)6-12-10/h8-10,12H,3-7H2,1-2H3.